The van der Waals surface area contributed by atoms with Gasteiger partial charge in [0.25, 0.3) is 0 Å². The fourth-order valence-electron chi connectivity index (χ4n) is 5.37. The van der Waals surface area contributed by atoms with Crippen LogP contribution in [0.15, 0.2) is 24.3 Å². The molecular formula is C23H37N5S. The van der Waals surface area contributed by atoms with Crippen molar-refractivity contribution in [2.45, 2.75) is 38.1 Å². The highest BCUT2D eigenvalue weighted by atomic mass is 32.1. The summed E-state index contributed by atoms with van der Waals surface area (Å²) in [5.41, 5.74) is 2.24. The summed E-state index contributed by atoms with van der Waals surface area (Å²) < 4.78 is 0. The summed E-state index contributed by atoms with van der Waals surface area (Å²) in [4.78, 5) is 7.55. The van der Waals surface area contributed by atoms with Crippen LogP contribution in [0.1, 0.15) is 32.1 Å². The van der Waals surface area contributed by atoms with Gasteiger partial charge in [0, 0.05) is 51.1 Å². The molecule has 2 bridgehead atoms. The average molecular weight is 416 g/mol. The topological polar surface area (TPSA) is 33.8 Å². The molecule has 0 saturated carbocycles. The Bertz CT molecular complexity index is 670. The molecule has 4 aliphatic rings. The lowest BCUT2D eigenvalue weighted by molar-refractivity contribution is -0.0124. The maximum absolute atomic E-state index is 5.55. The number of benzene rings is 1. The number of nitrogens with zero attached hydrogens (tertiary/aromatic N) is 3. The molecule has 0 amide bonds. The molecule has 29 heavy (non-hydrogen) atoms. The van der Waals surface area contributed by atoms with Gasteiger partial charge in [-0.2, -0.15) is 0 Å². The summed E-state index contributed by atoms with van der Waals surface area (Å²) in [5.74, 6) is 1.77. The van der Waals surface area contributed by atoms with E-state index in [2.05, 4.69) is 63.7 Å². The molecule has 1 aromatic carbocycles. The quantitative estimate of drug-likeness (QED) is 0.695. The van der Waals surface area contributed by atoms with E-state index in [0.29, 0.717) is 6.04 Å². The Morgan fingerprint density at radius 2 is 1.86 bits per heavy atom. The molecule has 6 heteroatoms. The third kappa shape index (κ3) is 5.41. The molecule has 0 radical (unpaired) electrons. The van der Waals surface area contributed by atoms with Gasteiger partial charge < -0.3 is 20.4 Å². The van der Waals surface area contributed by atoms with Crippen molar-refractivity contribution in [1.82, 2.24) is 15.1 Å². The van der Waals surface area contributed by atoms with Crippen molar-refractivity contribution in [2.24, 2.45) is 11.8 Å². The number of hydrogen-bond acceptors (Lipinski definition) is 4. The molecule has 0 aromatic heterocycles. The lowest BCUT2D eigenvalue weighted by Gasteiger charge is -2.51. The van der Waals surface area contributed by atoms with E-state index in [1.165, 1.54) is 70.5 Å². The fourth-order valence-corrected chi connectivity index (χ4v) is 5.57. The zero-order valence-corrected chi connectivity index (χ0v) is 18.9. The summed E-state index contributed by atoms with van der Waals surface area (Å²) >= 11 is 5.55. The van der Waals surface area contributed by atoms with Crippen molar-refractivity contribution >= 4 is 28.7 Å². The number of hydrogen-bond donors (Lipinski definition) is 2. The van der Waals surface area contributed by atoms with Crippen LogP contribution in [-0.2, 0) is 0 Å². The van der Waals surface area contributed by atoms with E-state index in [-0.39, 0.29) is 0 Å². The van der Waals surface area contributed by atoms with Crippen LogP contribution in [0.4, 0.5) is 11.4 Å². The highest BCUT2D eigenvalue weighted by Gasteiger charge is 2.40. The SMILES string of the molecule is CN(C)c1ccc(NC(=S)NCC2CC3CCN2CC3CN2CCCCC2)cc1. The Balaban J connectivity index is 1.22. The highest BCUT2D eigenvalue weighted by molar-refractivity contribution is 7.80. The fraction of sp³-hybridized carbons (Fsp3) is 0.696. The molecule has 4 fully saturated rings. The number of thiocarbonyl (C=S) groups is 1. The molecule has 2 N–H and O–H groups in total. The van der Waals surface area contributed by atoms with Crippen LogP contribution in [0.3, 0.4) is 0 Å². The molecule has 4 aliphatic heterocycles. The molecule has 5 rings (SSSR count). The number of piperidine rings is 4. The van der Waals surface area contributed by atoms with E-state index < -0.39 is 0 Å². The molecule has 0 spiro atoms. The van der Waals surface area contributed by atoms with Crippen LogP contribution in [0, 0.1) is 11.8 Å². The van der Waals surface area contributed by atoms with Crippen LogP contribution in [0.2, 0.25) is 0 Å². The molecule has 0 aliphatic carbocycles. The Kier molecular flexibility index (Phi) is 6.93. The molecule has 5 nitrogen and oxygen atoms in total. The highest BCUT2D eigenvalue weighted by Crippen LogP contribution is 2.36. The van der Waals surface area contributed by atoms with Crippen LogP contribution in [0.25, 0.3) is 0 Å². The third-order valence-electron chi connectivity index (χ3n) is 7.10. The van der Waals surface area contributed by atoms with Gasteiger partial charge in [-0.25, -0.2) is 0 Å². The zero-order valence-electron chi connectivity index (χ0n) is 18.1. The van der Waals surface area contributed by atoms with Crippen LogP contribution < -0.4 is 15.5 Å². The van der Waals surface area contributed by atoms with Crippen molar-refractivity contribution in [3.8, 4) is 0 Å². The number of nitrogens with one attached hydrogen (secondary N) is 2. The van der Waals surface area contributed by atoms with E-state index in [4.69, 9.17) is 12.2 Å². The lowest BCUT2D eigenvalue weighted by Crippen LogP contribution is -2.58. The van der Waals surface area contributed by atoms with E-state index >= 15 is 0 Å². The summed E-state index contributed by atoms with van der Waals surface area (Å²) in [7, 11) is 4.11. The smallest absolute Gasteiger partial charge is 0.170 e. The summed E-state index contributed by atoms with van der Waals surface area (Å²) in [6, 6.07) is 9.02. The third-order valence-corrected chi connectivity index (χ3v) is 7.34. The van der Waals surface area contributed by atoms with Gasteiger partial charge in [-0.3, -0.25) is 4.90 Å². The number of anilines is 2. The largest absolute Gasteiger partial charge is 0.378 e. The molecule has 4 unspecified atom stereocenters. The van der Waals surface area contributed by atoms with Gasteiger partial charge in [0.05, 0.1) is 0 Å². The second kappa shape index (κ2) is 9.63. The van der Waals surface area contributed by atoms with Crippen molar-refractivity contribution in [1.29, 1.82) is 0 Å². The second-order valence-corrected chi connectivity index (χ2v) is 9.74. The molecule has 160 valence electrons. The van der Waals surface area contributed by atoms with E-state index in [1.807, 2.05) is 0 Å². The van der Waals surface area contributed by atoms with Crippen LogP contribution >= 0.6 is 12.2 Å². The number of likely N-dealkylation sites (tertiary alicyclic amines) is 1. The maximum atomic E-state index is 5.55. The summed E-state index contributed by atoms with van der Waals surface area (Å²) in [5, 5.41) is 7.54. The van der Waals surface area contributed by atoms with Crippen LogP contribution in [-0.4, -0.2) is 74.3 Å². The minimum absolute atomic E-state index is 0.627. The Labute approximate surface area is 181 Å². The Morgan fingerprint density at radius 1 is 1.10 bits per heavy atom. The van der Waals surface area contributed by atoms with Gasteiger partial charge in [-0.05, 0) is 93.6 Å². The Morgan fingerprint density at radius 3 is 2.52 bits per heavy atom. The van der Waals surface area contributed by atoms with Crippen molar-refractivity contribution in [2.75, 3.05) is 63.6 Å². The van der Waals surface area contributed by atoms with Gasteiger partial charge in [-0.1, -0.05) is 6.42 Å². The average Bonchev–Trinajstić information content (AvgIpc) is 2.74. The van der Waals surface area contributed by atoms with Crippen molar-refractivity contribution in [3.63, 3.8) is 0 Å². The van der Waals surface area contributed by atoms with Gasteiger partial charge in [0.2, 0.25) is 0 Å². The lowest BCUT2D eigenvalue weighted by atomic mass is 9.75. The zero-order chi connectivity index (χ0) is 20.2. The molecule has 1 aromatic rings. The van der Waals surface area contributed by atoms with Gasteiger partial charge >= 0.3 is 0 Å². The van der Waals surface area contributed by atoms with Crippen molar-refractivity contribution in [3.05, 3.63) is 24.3 Å². The first-order chi connectivity index (χ1) is 14.1. The first-order valence-electron chi connectivity index (χ1n) is 11.4. The number of fused-ring (bicyclic) bond motifs is 3. The molecular weight excluding hydrogens is 378 g/mol. The minimum Gasteiger partial charge on any atom is -0.378 e. The predicted octanol–water partition coefficient (Wildman–Crippen LogP) is 3.24. The minimum atomic E-state index is 0.627. The summed E-state index contributed by atoms with van der Waals surface area (Å²) in [6.07, 6.45) is 6.94. The molecule has 4 heterocycles. The summed E-state index contributed by atoms with van der Waals surface area (Å²) in [6.45, 7) is 7.46. The normalized spacial score (nSPS) is 29.4. The van der Waals surface area contributed by atoms with Gasteiger partial charge in [-0.15, -0.1) is 0 Å². The first kappa shape index (κ1) is 20.9. The van der Waals surface area contributed by atoms with Crippen molar-refractivity contribution < 1.29 is 0 Å². The predicted molar refractivity (Wildman–Crippen MR) is 127 cm³/mol. The standard InChI is InChI=1S/C23H37N5S/c1-26(2)21-8-6-20(7-9-21)25-23(29)24-15-22-14-18-10-13-28(22)17-19(18)16-27-11-4-3-5-12-27/h6-9,18-19,22H,3-5,10-17H2,1-2H3,(H2,24,25,29). The van der Waals surface area contributed by atoms with Gasteiger partial charge in [0.15, 0.2) is 5.11 Å². The first-order valence-corrected chi connectivity index (χ1v) is 11.8. The monoisotopic (exact) mass is 415 g/mol. The second-order valence-electron chi connectivity index (χ2n) is 9.33. The Hall–Kier alpha value is -1.37. The molecule has 4 atom stereocenters. The van der Waals surface area contributed by atoms with Gasteiger partial charge in [0.1, 0.15) is 0 Å². The van der Waals surface area contributed by atoms with E-state index in [9.17, 15) is 0 Å². The molecule has 4 saturated heterocycles. The number of rotatable bonds is 6. The van der Waals surface area contributed by atoms with E-state index in [1.54, 1.807) is 0 Å². The maximum Gasteiger partial charge on any atom is 0.170 e. The van der Waals surface area contributed by atoms with Crippen LogP contribution in [0.5, 0.6) is 0 Å². The van der Waals surface area contributed by atoms with E-state index in [0.717, 1.165) is 29.2 Å².